The molecule has 1 saturated carbocycles. The maximum absolute atomic E-state index is 14.7. The standard InChI is InChI=1S/C53H48ClN5O7S2/c1-51(2,3)65-49(63)52(29-30-52)66-58-41(40-33-68-50(55-40)57-53(37-23-13-6-14-24-37,38-25-15-7-16-26-38)39-27-17-8-18-28-39)45(60)56-42-46(61)59-43(36(31-54)32-67-47(42)59)48(62)64-44(34-19-9-4-10-20-34)35-21-11-5-12-22-35/h4-28,33,42,44,47H,29-32H2,1-3H3,(H,55,57)(H,56,60)/t42-,47+/m1/s1. The van der Waals surface area contributed by atoms with E-state index in [4.69, 9.17) is 30.9 Å². The summed E-state index contributed by atoms with van der Waals surface area (Å²) in [6.07, 6.45) is -0.106. The molecule has 1 aliphatic carbocycles. The molecule has 1 aromatic heterocycles. The molecule has 15 heteroatoms. The Bertz CT molecular complexity index is 2720. The zero-order valence-corrected chi connectivity index (χ0v) is 39.9. The lowest BCUT2D eigenvalue weighted by Gasteiger charge is -2.49. The van der Waals surface area contributed by atoms with Crippen molar-refractivity contribution in [1.82, 2.24) is 15.2 Å². The van der Waals surface area contributed by atoms with E-state index in [1.54, 1.807) is 26.2 Å². The van der Waals surface area contributed by atoms with Gasteiger partial charge in [-0.2, -0.15) is 0 Å². The van der Waals surface area contributed by atoms with Gasteiger partial charge in [-0.15, -0.1) is 34.7 Å². The molecule has 6 aromatic rings. The molecule has 12 nitrogen and oxygen atoms in total. The third-order valence-corrected chi connectivity index (χ3v) is 14.2. The fraction of sp³-hybridized carbons (Fsp3) is 0.245. The Morgan fingerprint density at radius 2 is 1.32 bits per heavy atom. The highest BCUT2D eigenvalue weighted by molar-refractivity contribution is 8.00. The summed E-state index contributed by atoms with van der Waals surface area (Å²) < 4.78 is 11.9. The fourth-order valence-corrected chi connectivity index (χ4v) is 10.7. The second-order valence-electron chi connectivity index (χ2n) is 17.6. The SMILES string of the molecule is CC(C)(C)OC(=O)C1(ON=C(C(=O)N[C@@H]2C(=O)N3C(C(=O)OC(c4ccccc4)c4ccccc4)=C(CCl)CS[C@@H]23)c2csc(NC(c3ccccc3)(c3ccccc3)c3ccccc3)n2)CC1. The number of nitrogens with one attached hydrogen (secondary N) is 2. The Kier molecular flexibility index (Phi) is 13.3. The van der Waals surface area contributed by atoms with Gasteiger partial charge < -0.3 is 24.9 Å². The van der Waals surface area contributed by atoms with Crippen LogP contribution in [0.5, 0.6) is 0 Å². The number of thiazole rings is 1. The Hall–Kier alpha value is -6.74. The molecule has 2 fully saturated rings. The van der Waals surface area contributed by atoms with Crippen molar-refractivity contribution >= 4 is 69.3 Å². The predicted octanol–water partition coefficient (Wildman–Crippen LogP) is 9.37. The minimum atomic E-state index is -1.39. The third kappa shape index (κ3) is 9.40. The first kappa shape index (κ1) is 46.4. The summed E-state index contributed by atoms with van der Waals surface area (Å²) in [5.74, 6) is -2.32. The van der Waals surface area contributed by atoms with Gasteiger partial charge in [0.25, 0.3) is 11.8 Å². The molecule has 0 unspecified atom stereocenters. The molecule has 2 atom stereocenters. The van der Waals surface area contributed by atoms with Gasteiger partial charge in [0.2, 0.25) is 5.60 Å². The van der Waals surface area contributed by atoms with Crippen LogP contribution in [0.2, 0.25) is 0 Å². The van der Waals surface area contributed by atoms with Crippen molar-refractivity contribution < 1.29 is 33.5 Å². The number of hydrogen-bond acceptors (Lipinski definition) is 12. The Labute approximate surface area is 407 Å². The molecule has 0 radical (unpaired) electrons. The first-order valence-corrected chi connectivity index (χ1v) is 24.6. The minimum Gasteiger partial charge on any atom is -0.457 e. The molecule has 2 aliphatic heterocycles. The molecule has 0 spiro atoms. The molecule has 5 aromatic carbocycles. The molecule has 2 amide bonds. The van der Waals surface area contributed by atoms with Crippen molar-refractivity contribution in [3.05, 3.63) is 202 Å². The van der Waals surface area contributed by atoms with E-state index in [2.05, 4.69) is 15.8 Å². The monoisotopic (exact) mass is 965 g/mol. The molecule has 3 aliphatic rings. The summed E-state index contributed by atoms with van der Waals surface area (Å²) in [6, 6.07) is 47.7. The van der Waals surface area contributed by atoms with Crippen LogP contribution in [0.25, 0.3) is 0 Å². The second-order valence-corrected chi connectivity index (χ2v) is 19.8. The van der Waals surface area contributed by atoms with Crippen LogP contribution in [0.15, 0.2) is 173 Å². The van der Waals surface area contributed by atoms with Crippen LogP contribution in [-0.2, 0) is 39.0 Å². The second kappa shape index (κ2) is 19.5. The summed E-state index contributed by atoms with van der Waals surface area (Å²) >= 11 is 9.04. The van der Waals surface area contributed by atoms with Crippen molar-refractivity contribution in [3.63, 3.8) is 0 Å². The lowest BCUT2D eigenvalue weighted by molar-refractivity contribution is -0.172. The van der Waals surface area contributed by atoms with Crippen LogP contribution in [0, 0.1) is 0 Å². The Morgan fingerprint density at radius 3 is 1.81 bits per heavy atom. The summed E-state index contributed by atoms with van der Waals surface area (Å²) in [5, 5.41) is 12.4. The predicted molar refractivity (Wildman–Crippen MR) is 264 cm³/mol. The lowest BCUT2D eigenvalue weighted by Crippen LogP contribution is -2.71. The summed E-state index contributed by atoms with van der Waals surface area (Å²) in [4.78, 5) is 68.8. The Morgan fingerprint density at radius 1 is 0.809 bits per heavy atom. The number of carbonyl (C=O) groups is 4. The molecule has 3 heterocycles. The van der Waals surface area contributed by atoms with Gasteiger partial charge >= 0.3 is 11.9 Å². The molecule has 0 bridgehead atoms. The van der Waals surface area contributed by atoms with E-state index in [1.807, 2.05) is 152 Å². The summed E-state index contributed by atoms with van der Waals surface area (Å²) in [6.45, 7) is 5.28. The largest absolute Gasteiger partial charge is 0.457 e. The van der Waals surface area contributed by atoms with E-state index in [9.17, 15) is 19.2 Å². The minimum absolute atomic E-state index is 0.0138. The maximum Gasteiger partial charge on any atom is 0.356 e. The van der Waals surface area contributed by atoms with Crippen molar-refractivity contribution in [1.29, 1.82) is 0 Å². The van der Waals surface area contributed by atoms with E-state index < -0.39 is 58.0 Å². The molecule has 346 valence electrons. The average molecular weight is 967 g/mol. The fourth-order valence-electron chi connectivity index (χ4n) is 8.27. The van der Waals surface area contributed by atoms with Crippen molar-refractivity contribution in [2.45, 2.75) is 67.9 Å². The quantitative estimate of drug-likeness (QED) is 0.0240. The number of ether oxygens (including phenoxy) is 2. The molecule has 2 N–H and O–H groups in total. The highest BCUT2D eigenvalue weighted by atomic mass is 35.5. The summed E-state index contributed by atoms with van der Waals surface area (Å²) in [5.41, 5.74) is 1.69. The van der Waals surface area contributed by atoms with E-state index in [0.29, 0.717) is 29.3 Å². The number of carbonyl (C=O) groups excluding carboxylic acids is 4. The van der Waals surface area contributed by atoms with Gasteiger partial charge in [-0.25, -0.2) is 14.6 Å². The molecular weight excluding hydrogens is 918 g/mol. The number of hydrogen-bond donors (Lipinski definition) is 2. The van der Waals surface area contributed by atoms with Crippen LogP contribution < -0.4 is 10.6 Å². The number of fused-ring (bicyclic) bond motifs is 1. The topological polar surface area (TPSA) is 149 Å². The van der Waals surface area contributed by atoms with Crippen LogP contribution in [0.4, 0.5) is 5.13 Å². The van der Waals surface area contributed by atoms with Gasteiger partial charge in [-0.05, 0) is 54.2 Å². The number of oxime groups is 1. The smallest absolute Gasteiger partial charge is 0.356 e. The number of halogens is 1. The van der Waals surface area contributed by atoms with Crippen molar-refractivity contribution in [2.75, 3.05) is 16.9 Å². The van der Waals surface area contributed by atoms with Gasteiger partial charge in [-0.1, -0.05) is 157 Å². The summed E-state index contributed by atoms with van der Waals surface area (Å²) in [7, 11) is 0. The van der Waals surface area contributed by atoms with Crippen molar-refractivity contribution in [3.8, 4) is 0 Å². The highest BCUT2D eigenvalue weighted by Gasteiger charge is 2.57. The van der Waals surface area contributed by atoms with Crippen LogP contribution in [-0.4, -0.2) is 73.6 Å². The number of β-lactam (4-membered cyclic amide) rings is 1. The van der Waals surface area contributed by atoms with Crippen molar-refractivity contribution in [2.24, 2.45) is 5.16 Å². The van der Waals surface area contributed by atoms with Crippen LogP contribution in [0.3, 0.4) is 0 Å². The van der Waals surface area contributed by atoms with E-state index in [1.165, 1.54) is 28.0 Å². The first-order chi connectivity index (χ1) is 32.9. The molecule has 1 saturated heterocycles. The zero-order chi connectivity index (χ0) is 47.5. The number of aromatic nitrogens is 1. The first-order valence-electron chi connectivity index (χ1n) is 22.2. The van der Waals surface area contributed by atoms with Crippen LogP contribution in [0.1, 0.15) is 73.2 Å². The van der Waals surface area contributed by atoms with Gasteiger partial charge in [0, 0.05) is 29.9 Å². The maximum atomic E-state index is 14.7. The highest BCUT2D eigenvalue weighted by Crippen LogP contribution is 2.45. The molecule has 68 heavy (non-hydrogen) atoms. The average Bonchev–Trinajstić information content (AvgIpc) is 4.03. The number of alkyl halides is 1. The van der Waals surface area contributed by atoms with Gasteiger partial charge in [0.15, 0.2) is 16.9 Å². The Balaban J connectivity index is 1.02. The number of nitrogens with zero attached hydrogens (tertiary/aromatic N) is 3. The van der Waals surface area contributed by atoms with Gasteiger partial charge in [-0.3, -0.25) is 14.5 Å². The number of rotatable bonds is 16. The lowest BCUT2D eigenvalue weighted by atomic mass is 9.77. The van der Waals surface area contributed by atoms with E-state index in [-0.39, 0.29) is 23.0 Å². The van der Waals surface area contributed by atoms with Gasteiger partial charge in [0.05, 0.1) is 0 Å². The van der Waals surface area contributed by atoms with E-state index >= 15 is 0 Å². The molecular formula is C53H48ClN5O7S2. The number of anilines is 1. The third-order valence-electron chi connectivity index (χ3n) is 11.8. The normalized spacial score (nSPS) is 17.7. The van der Waals surface area contributed by atoms with E-state index in [0.717, 1.165) is 27.8 Å². The number of amides is 2. The zero-order valence-electron chi connectivity index (χ0n) is 37.5. The van der Waals surface area contributed by atoms with Crippen LogP contribution >= 0.6 is 34.7 Å². The number of benzene rings is 5. The number of thioether (sulfide) groups is 1. The van der Waals surface area contributed by atoms with Gasteiger partial charge in [0.1, 0.15) is 33.9 Å². The number of esters is 2. The molecule has 9 rings (SSSR count).